The first-order chi connectivity index (χ1) is 8.74. The van der Waals surface area contributed by atoms with Crippen LogP contribution in [0.4, 0.5) is 0 Å². The van der Waals surface area contributed by atoms with Gasteiger partial charge in [-0.25, -0.2) is 4.68 Å². The molecule has 1 aromatic carbocycles. The molecule has 1 saturated heterocycles. The Morgan fingerprint density at radius 2 is 2.33 bits per heavy atom. The molecule has 2 aromatic rings. The zero-order valence-corrected chi connectivity index (χ0v) is 12.0. The molecule has 1 fully saturated rings. The Kier molecular flexibility index (Phi) is 3.35. The molecule has 0 amide bonds. The average Bonchev–Trinajstić information content (AvgIpc) is 2.74. The number of nitrogens with zero attached hydrogens (tertiary/aromatic N) is 3. The molecule has 0 radical (unpaired) electrons. The highest BCUT2D eigenvalue weighted by Gasteiger charge is 2.16. The molecule has 0 N–H and O–H groups in total. The third-order valence-corrected chi connectivity index (χ3v) is 4.30. The lowest BCUT2D eigenvalue weighted by Gasteiger charge is -2.22. The van der Waals surface area contributed by atoms with Crippen molar-refractivity contribution in [2.24, 2.45) is 0 Å². The van der Waals surface area contributed by atoms with E-state index < -0.39 is 0 Å². The molecule has 1 aliphatic rings. The van der Waals surface area contributed by atoms with Gasteiger partial charge in [-0.15, -0.1) is 5.10 Å². The highest BCUT2D eigenvalue weighted by Crippen LogP contribution is 2.23. The summed E-state index contributed by atoms with van der Waals surface area (Å²) in [5, 5.41) is 8.46. The van der Waals surface area contributed by atoms with Gasteiger partial charge < -0.3 is 4.74 Å². The summed E-state index contributed by atoms with van der Waals surface area (Å²) in [4.78, 5) is 0. The molecule has 0 saturated carbocycles. The van der Waals surface area contributed by atoms with Gasteiger partial charge in [0.15, 0.2) is 0 Å². The van der Waals surface area contributed by atoms with Gasteiger partial charge in [-0.05, 0) is 43.9 Å². The molecule has 0 aliphatic carbocycles. The summed E-state index contributed by atoms with van der Waals surface area (Å²) >= 11 is 3.56. The second kappa shape index (κ2) is 4.97. The first kappa shape index (κ1) is 12.1. The lowest BCUT2D eigenvalue weighted by molar-refractivity contribution is 0.00443. The monoisotopic (exact) mass is 309 g/mol. The van der Waals surface area contributed by atoms with E-state index in [0.717, 1.165) is 35.1 Å². The van der Waals surface area contributed by atoms with Crippen molar-refractivity contribution in [3.63, 3.8) is 0 Å². The third-order valence-electron chi connectivity index (χ3n) is 3.44. The number of halogens is 1. The number of aromatic nitrogens is 3. The number of ether oxygens (including phenoxy) is 1. The van der Waals surface area contributed by atoms with Crippen molar-refractivity contribution < 1.29 is 4.74 Å². The highest BCUT2D eigenvalue weighted by molar-refractivity contribution is 9.10. The predicted octanol–water partition coefficient (Wildman–Crippen LogP) is 3.07. The summed E-state index contributed by atoms with van der Waals surface area (Å²) in [6.07, 6.45) is 3.83. The largest absolute Gasteiger partial charge is 0.376 e. The van der Waals surface area contributed by atoms with Crippen LogP contribution in [0.5, 0.6) is 0 Å². The lowest BCUT2D eigenvalue weighted by atomic mass is 10.1. The van der Waals surface area contributed by atoms with Crippen molar-refractivity contribution in [2.75, 3.05) is 6.61 Å². The van der Waals surface area contributed by atoms with E-state index in [-0.39, 0.29) is 6.10 Å². The van der Waals surface area contributed by atoms with E-state index in [4.69, 9.17) is 4.74 Å². The van der Waals surface area contributed by atoms with Crippen LogP contribution in [-0.2, 0) is 11.3 Å². The number of aryl methyl sites for hydroxylation is 1. The second-order valence-corrected chi connectivity index (χ2v) is 5.70. The van der Waals surface area contributed by atoms with E-state index >= 15 is 0 Å². The molecule has 1 aliphatic heterocycles. The van der Waals surface area contributed by atoms with Gasteiger partial charge in [-0.2, -0.15) is 0 Å². The van der Waals surface area contributed by atoms with E-state index in [1.54, 1.807) is 0 Å². The minimum atomic E-state index is 0.281. The van der Waals surface area contributed by atoms with Crippen LogP contribution in [0, 0.1) is 6.92 Å². The molecule has 2 heterocycles. The fourth-order valence-electron chi connectivity index (χ4n) is 2.37. The Morgan fingerprint density at radius 3 is 3.11 bits per heavy atom. The molecule has 96 valence electrons. The smallest absolute Gasteiger partial charge is 0.113 e. The maximum absolute atomic E-state index is 5.75. The normalized spacial score (nSPS) is 20.4. The molecule has 0 bridgehead atoms. The fourth-order valence-corrected chi connectivity index (χ4v) is 2.70. The van der Waals surface area contributed by atoms with Gasteiger partial charge >= 0.3 is 0 Å². The van der Waals surface area contributed by atoms with E-state index in [1.807, 2.05) is 4.68 Å². The Morgan fingerprint density at radius 1 is 1.44 bits per heavy atom. The van der Waals surface area contributed by atoms with Gasteiger partial charge in [0.05, 0.1) is 18.2 Å². The van der Waals surface area contributed by atoms with Crippen molar-refractivity contribution in [3.8, 4) is 0 Å². The van der Waals surface area contributed by atoms with E-state index in [0.29, 0.717) is 0 Å². The summed E-state index contributed by atoms with van der Waals surface area (Å²) in [5.41, 5.74) is 3.21. The number of fused-ring (bicyclic) bond motifs is 1. The van der Waals surface area contributed by atoms with Crippen molar-refractivity contribution in [1.29, 1.82) is 0 Å². The van der Waals surface area contributed by atoms with Crippen LogP contribution in [0.2, 0.25) is 0 Å². The number of rotatable bonds is 2. The van der Waals surface area contributed by atoms with Crippen LogP contribution in [0.3, 0.4) is 0 Å². The summed E-state index contributed by atoms with van der Waals surface area (Å²) in [6.45, 7) is 3.74. The van der Waals surface area contributed by atoms with Gasteiger partial charge in [0.2, 0.25) is 0 Å². The zero-order chi connectivity index (χ0) is 12.5. The molecule has 3 rings (SSSR count). The van der Waals surface area contributed by atoms with Crippen LogP contribution in [0.25, 0.3) is 11.0 Å². The first-order valence-corrected chi connectivity index (χ1v) is 7.14. The Balaban J connectivity index is 1.89. The minimum Gasteiger partial charge on any atom is -0.376 e. The summed E-state index contributed by atoms with van der Waals surface area (Å²) in [6, 6.07) is 4.15. The number of hydrogen-bond donors (Lipinski definition) is 0. The van der Waals surface area contributed by atoms with Crippen molar-refractivity contribution in [2.45, 2.75) is 38.8 Å². The molecule has 1 aromatic heterocycles. The summed E-state index contributed by atoms with van der Waals surface area (Å²) in [5.74, 6) is 0. The summed E-state index contributed by atoms with van der Waals surface area (Å²) in [7, 11) is 0. The van der Waals surface area contributed by atoms with Gasteiger partial charge in [0.25, 0.3) is 0 Å². The van der Waals surface area contributed by atoms with Crippen LogP contribution in [0.1, 0.15) is 24.8 Å². The van der Waals surface area contributed by atoms with Crippen LogP contribution in [0.15, 0.2) is 16.6 Å². The van der Waals surface area contributed by atoms with Gasteiger partial charge in [-0.1, -0.05) is 21.1 Å². The van der Waals surface area contributed by atoms with Gasteiger partial charge in [0, 0.05) is 11.1 Å². The number of benzene rings is 1. The maximum Gasteiger partial charge on any atom is 0.113 e. The SMILES string of the molecule is Cc1cc2nnn(CC3CCCCO3)c2cc1Br. The maximum atomic E-state index is 5.75. The average molecular weight is 310 g/mol. The van der Waals surface area contributed by atoms with E-state index in [1.165, 1.54) is 18.4 Å². The molecule has 4 nitrogen and oxygen atoms in total. The third kappa shape index (κ3) is 2.29. The Labute approximate surface area is 114 Å². The van der Waals surface area contributed by atoms with E-state index in [9.17, 15) is 0 Å². The highest BCUT2D eigenvalue weighted by atomic mass is 79.9. The van der Waals surface area contributed by atoms with Crippen LogP contribution >= 0.6 is 15.9 Å². The first-order valence-electron chi connectivity index (χ1n) is 6.35. The molecular weight excluding hydrogens is 294 g/mol. The molecule has 5 heteroatoms. The quantitative estimate of drug-likeness (QED) is 0.856. The van der Waals surface area contributed by atoms with E-state index in [2.05, 4.69) is 45.3 Å². The molecule has 18 heavy (non-hydrogen) atoms. The molecule has 1 unspecified atom stereocenters. The van der Waals surface area contributed by atoms with Gasteiger partial charge in [-0.3, -0.25) is 0 Å². The van der Waals surface area contributed by atoms with Crippen molar-refractivity contribution in [1.82, 2.24) is 15.0 Å². The zero-order valence-electron chi connectivity index (χ0n) is 10.4. The lowest BCUT2D eigenvalue weighted by Crippen LogP contribution is -2.24. The Hall–Kier alpha value is -0.940. The molecule has 0 spiro atoms. The summed E-state index contributed by atoms with van der Waals surface area (Å²) < 4.78 is 8.81. The van der Waals surface area contributed by atoms with Crippen LogP contribution in [-0.4, -0.2) is 27.7 Å². The minimum absolute atomic E-state index is 0.281. The van der Waals surface area contributed by atoms with Crippen molar-refractivity contribution >= 4 is 27.0 Å². The standard InChI is InChI=1S/C13H16BrN3O/c1-9-6-12-13(7-11(9)14)17(16-15-12)8-10-4-2-3-5-18-10/h6-7,10H,2-5,8H2,1H3. The topological polar surface area (TPSA) is 39.9 Å². The van der Waals surface area contributed by atoms with Crippen molar-refractivity contribution in [3.05, 3.63) is 22.2 Å². The van der Waals surface area contributed by atoms with Crippen LogP contribution < -0.4 is 0 Å². The Bertz CT molecular complexity index is 561. The predicted molar refractivity (Wildman–Crippen MR) is 73.6 cm³/mol. The van der Waals surface area contributed by atoms with Gasteiger partial charge in [0.1, 0.15) is 5.52 Å². The fraction of sp³-hybridized carbons (Fsp3) is 0.538. The molecular formula is C13H16BrN3O. The second-order valence-electron chi connectivity index (χ2n) is 4.85. The molecule has 1 atom stereocenters. The number of hydrogen-bond acceptors (Lipinski definition) is 3.